The summed E-state index contributed by atoms with van der Waals surface area (Å²) in [6.45, 7) is 5.57. The summed E-state index contributed by atoms with van der Waals surface area (Å²) in [5.41, 5.74) is 1.91. The minimum absolute atomic E-state index is 0.185. The van der Waals surface area contributed by atoms with Gasteiger partial charge in [0.1, 0.15) is 5.75 Å². The highest BCUT2D eigenvalue weighted by Crippen LogP contribution is 2.27. The summed E-state index contributed by atoms with van der Waals surface area (Å²) < 4.78 is 11.3. The van der Waals surface area contributed by atoms with Gasteiger partial charge in [-0.05, 0) is 55.2 Å². The number of carbonyl (C=O) groups is 3. The fraction of sp³-hybridized carbons (Fsp3) is 0.304. The van der Waals surface area contributed by atoms with Crippen molar-refractivity contribution < 1.29 is 23.7 Å². The first-order valence-electron chi connectivity index (χ1n) is 10.3. The van der Waals surface area contributed by atoms with E-state index in [9.17, 15) is 14.4 Å². The molecule has 0 bridgehead atoms. The number of nitriles is 1. The largest absolute Gasteiger partial charge is 0.620 e. The summed E-state index contributed by atoms with van der Waals surface area (Å²) >= 11 is 0. The second kappa shape index (κ2) is 10.0. The zero-order chi connectivity index (χ0) is 23.3. The predicted molar refractivity (Wildman–Crippen MR) is 118 cm³/mol. The summed E-state index contributed by atoms with van der Waals surface area (Å²) in [6.07, 6.45) is 0.503. The molecule has 3 rings (SSSR count). The van der Waals surface area contributed by atoms with Gasteiger partial charge in [0.15, 0.2) is 0 Å². The normalized spacial score (nSPS) is 13.3. The number of hydrogen-bond acceptors (Lipinski definition) is 6. The third-order valence-electron chi connectivity index (χ3n) is 4.89. The Balaban J connectivity index is 1.65. The number of hydrogen-bond donors (Lipinski definition) is 2. The summed E-state index contributed by atoms with van der Waals surface area (Å²) in [7, 11) is -0.980. The smallest absolute Gasteiger partial charge is 0.524 e. The molecule has 1 atom stereocenters. The lowest BCUT2D eigenvalue weighted by Crippen LogP contribution is -2.55. The lowest BCUT2D eigenvalue weighted by molar-refractivity contribution is -0.120. The third kappa shape index (κ3) is 5.67. The Morgan fingerprint density at radius 2 is 1.94 bits per heavy atom. The molecule has 0 saturated carbocycles. The van der Waals surface area contributed by atoms with Crippen molar-refractivity contribution >= 4 is 24.9 Å². The second-order valence-electron chi connectivity index (χ2n) is 8.07. The highest BCUT2D eigenvalue weighted by molar-refractivity contribution is 6.51. The van der Waals surface area contributed by atoms with E-state index in [1.165, 1.54) is 6.07 Å². The Morgan fingerprint density at radius 1 is 1.16 bits per heavy atom. The van der Waals surface area contributed by atoms with E-state index in [0.29, 0.717) is 23.3 Å². The van der Waals surface area contributed by atoms with Crippen molar-refractivity contribution in [2.45, 2.75) is 33.1 Å². The first kappa shape index (κ1) is 22.9. The molecule has 0 unspecified atom stereocenters. The summed E-state index contributed by atoms with van der Waals surface area (Å²) in [6, 6.07) is 13.4. The van der Waals surface area contributed by atoms with E-state index in [1.807, 2.05) is 26.8 Å². The van der Waals surface area contributed by atoms with Gasteiger partial charge in [0, 0.05) is 5.56 Å². The Hall–Kier alpha value is -3.80. The van der Waals surface area contributed by atoms with Crippen molar-refractivity contribution in [3.63, 3.8) is 0 Å². The Bertz CT molecular complexity index is 1080. The summed E-state index contributed by atoms with van der Waals surface area (Å²) in [4.78, 5) is 37.3. The molecule has 2 N–H and O–H groups in total. The van der Waals surface area contributed by atoms with Gasteiger partial charge in [0.05, 0.1) is 29.7 Å². The van der Waals surface area contributed by atoms with Gasteiger partial charge in [0.25, 0.3) is 5.91 Å². The number of amides is 2. The highest BCUT2D eigenvalue weighted by Gasteiger charge is 2.42. The fourth-order valence-electron chi connectivity index (χ4n) is 3.37. The van der Waals surface area contributed by atoms with Crippen LogP contribution in [0.1, 0.15) is 52.1 Å². The maximum atomic E-state index is 12.5. The first-order chi connectivity index (χ1) is 15.3. The second-order valence-corrected chi connectivity index (χ2v) is 8.07. The minimum atomic E-state index is -0.980. The van der Waals surface area contributed by atoms with Gasteiger partial charge in [-0.25, -0.2) is 4.79 Å². The molecule has 164 valence electrons. The number of aryl methyl sites for hydroxylation is 1. The van der Waals surface area contributed by atoms with E-state index < -0.39 is 30.8 Å². The van der Waals surface area contributed by atoms with Gasteiger partial charge in [-0.2, -0.15) is 5.26 Å². The predicted octanol–water partition coefficient (Wildman–Crippen LogP) is 2.40. The molecular weight excluding hydrogens is 409 g/mol. The molecule has 2 amide bonds. The van der Waals surface area contributed by atoms with Crippen molar-refractivity contribution in [3.8, 4) is 11.8 Å². The fourth-order valence-corrected chi connectivity index (χ4v) is 3.37. The van der Waals surface area contributed by atoms with Crippen LogP contribution in [0.25, 0.3) is 0 Å². The minimum Gasteiger partial charge on any atom is -0.524 e. The lowest BCUT2D eigenvalue weighted by Gasteiger charge is -2.29. The van der Waals surface area contributed by atoms with Gasteiger partial charge in [-0.3, -0.25) is 9.59 Å². The van der Waals surface area contributed by atoms with Crippen LogP contribution in [0.15, 0.2) is 42.5 Å². The Kier molecular flexibility index (Phi) is 7.16. The van der Waals surface area contributed by atoms with Crippen LogP contribution in [-0.2, 0) is 9.45 Å². The third-order valence-corrected chi connectivity index (χ3v) is 4.89. The molecule has 8 nitrogen and oxygen atoms in total. The van der Waals surface area contributed by atoms with E-state index in [-0.39, 0.29) is 18.0 Å². The molecule has 0 radical (unpaired) electrons. The molecule has 0 aliphatic carbocycles. The molecule has 32 heavy (non-hydrogen) atoms. The van der Waals surface area contributed by atoms with E-state index in [0.717, 1.165) is 5.56 Å². The average Bonchev–Trinajstić information content (AvgIpc) is 2.76. The molecule has 1 aliphatic rings. The molecule has 2 aromatic carbocycles. The monoisotopic (exact) mass is 433 g/mol. The van der Waals surface area contributed by atoms with Crippen LogP contribution in [0.3, 0.4) is 0 Å². The van der Waals surface area contributed by atoms with Gasteiger partial charge < -0.3 is 19.9 Å². The Morgan fingerprint density at radius 3 is 2.66 bits per heavy atom. The SMILES string of the molecule is Cc1ccc2c(c1)OB([C@H](CC(C)C)NC(=O)CNC(=O)c1cccc(C#N)c1)OC2=O. The van der Waals surface area contributed by atoms with Crippen molar-refractivity contribution in [2.75, 3.05) is 6.54 Å². The van der Waals surface area contributed by atoms with Crippen molar-refractivity contribution in [2.24, 2.45) is 5.92 Å². The van der Waals surface area contributed by atoms with Crippen LogP contribution in [-0.4, -0.2) is 37.4 Å². The topological polar surface area (TPSA) is 118 Å². The molecule has 0 aromatic heterocycles. The van der Waals surface area contributed by atoms with Gasteiger partial charge in [0.2, 0.25) is 5.91 Å². The summed E-state index contributed by atoms with van der Waals surface area (Å²) in [5.74, 6) is -1.42. The van der Waals surface area contributed by atoms with Crippen LogP contribution < -0.4 is 15.3 Å². The zero-order valence-corrected chi connectivity index (χ0v) is 18.2. The van der Waals surface area contributed by atoms with E-state index in [2.05, 4.69) is 10.6 Å². The molecule has 0 fully saturated rings. The lowest BCUT2D eigenvalue weighted by atomic mass is 9.72. The Labute approximate surface area is 187 Å². The number of carbonyl (C=O) groups excluding carboxylic acids is 3. The average molecular weight is 433 g/mol. The number of nitrogens with one attached hydrogen (secondary N) is 2. The molecule has 9 heteroatoms. The molecule has 1 heterocycles. The highest BCUT2D eigenvalue weighted by atomic mass is 16.6. The standard InChI is InChI=1S/C23H24BN3O5/c1-14(2)9-20(24-31-19-10-15(3)7-8-18(19)23(30)32-24)27-21(28)13-26-22(29)17-6-4-5-16(11-17)12-25/h4-8,10-11,14,20H,9,13H2,1-3H3,(H,26,29)(H,27,28)/t20-/m0/s1. The number of rotatable bonds is 7. The maximum absolute atomic E-state index is 12.5. The van der Waals surface area contributed by atoms with Crippen LogP contribution >= 0.6 is 0 Å². The van der Waals surface area contributed by atoms with Gasteiger partial charge in [-0.1, -0.05) is 26.0 Å². The number of nitrogens with zero attached hydrogens (tertiary/aromatic N) is 1. The van der Waals surface area contributed by atoms with Crippen LogP contribution in [0, 0.1) is 24.2 Å². The van der Waals surface area contributed by atoms with Crippen molar-refractivity contribution in [1.82, 2.24) is 10.6 Å². The first-order valence-corrected chi connectivity index (χ1v) is 10.3. The molecule has 2 aromatic rings. The van der Waals surface area contributed by atoms with Crippen molar-refractivity contribution in [1.29, 1.82) is 5.26 Å². The van der Waals surface area contributed by atoms with E-state index in [4.69, 9.17) is 14.6 Å². The zero-order valence-electron chi connectivity index (χ0n) is 18.2. The van der Waals surface area contributed by atoms with Gasteiger partial charge in [-0.15, -0.1) is 0 Å². The van der Waals surface area contributed by atoms with Crippen molar-refractivity contribution in [3.05, 3.63) is 64.7 Å². The van der Waals surface area contributed by atoms with Crippen LogP contribution in [0.2, 0.25) is 0 Å². The van der Waals surface area contributed by atoms with Gasteiger partial charge >= 0.3 is 13.1 Å². The molecule has 1 aliphatic heterocycles. The van der Waals surface area contributed by atoms with E-state index in [1.54, 1.807) is 36.4 Å². The molecule has 0 saturated heterocycles. The number of benzene rings is 2. The van der Waals surface area contributed by atoms with Crippen LogP contribution in [0.5, 0.6) is 5.75 Å². The molecule has 0 spiro atoms. The maximum Gasteiger partial charge on any atom is 0.620 e. The van der Waals surface area contributed by atoms with Crippen LogP contribution in [0.4, 0.5) is 0 Å². The quantitative estimate of drug-likeness (QED) is 0.648. The molecular formula is C23H24BN3O5. The number of fused-ring (bicyclic) bond motifs is 1. The summed E-state index contributed by atoms with van der Waals surface area (Å²) in [5, 5.41) is 14.3. The van der Waals surface area contributed by atoms with E-state index >= 15 is 0 Å².